The van der Waals surface area contributed by atoms with E-state index in [2.05, 4.69) is 4.98 Å². The van der Waals surface area contributed by atoms with Crippen molar-refractivity contribution in [1.29, 1.82) is 0 Å². The van der Waals surface area contributed by atoms with Crippen molar-refractivity contribution in [3.8, 4) is 11.3 Å². The molecular weight excluding hydrogens is 541 g/mol. The third-order valence-electron chi connectivity index (χ3n) is 6.58. The molecule has 10 heteroatoms. The standard InChI is InChI=1S/C27H26ClF3N2O2S2/c1-25(2,37(32)35)15-20(18-8-4-5-10-21(18)28)23-13-16-7-6-9-19(24(16)36-23)22-14-17(11-12-33-22)26(3,34)27(29,30)31/h4-14,20,34H,15,32H2,1-3H3/t20-,26-,37?/m1/s1. The van der Waals surface area contributed by atoms with Crippen LogP contribution in [-0.2, 0) is 16.6 Å². The maximum atomic E-state index is 13.5. The summed E-state index contributed by atoms with van der Waals surface area (Å²) in [7, 11) is -1.59. The van der Waals surface area contributed by atoms with E-state index in [9.17, 15) is 22.5 Å². The average Bonchev–Trinajstić information content (AvgIpc) is 3.26. The summed E-state index contributed by atoms with van der Waals surface area (Å²) in [6.07, 6.45) is -3.11. The van der Waals surface area contributed by atoms with Crippen molar-refractivity contribution in [3.05, 3.63) is 87.9 Å². The molecule has 1 unspecified atom stereocenters. The first-order valence-corrected chi connectivity index (χ1v) is 13.8. The Labute approximate surface area is 224 Å². The fraction of sp³-hybridized carbons (Fsp3) is 0.296. The summed E-state index contributed by atoms with van der Waals surface area (Å²) in [4.78, 5) is 5.27. The van der Waals surface area contributed by atoms with Crippen LogP contribution in [0.25, 0.3) is 21.3 Å². The number of halogens is 4. The summed E-state index contributed by atoms with van der Waals surface area (Å²) in [6.45, 7) is 4.41. The minimum Gasteiger partial charge on any atom is -0.376 e. The van der Waals surface area contributed by atoms with E-state index in [4.69, 9.17) is 16.7 Å². The number of aromatic nitrogens is 1. The summed E-state index contributed by atoms with van der Waals surface area (Å²) >= 11 is 8.05. The van der Waals surface area contributed by atoms with Gasteiger partial charge in [-0.2, -0.15) is 13.2 Å². The third-order valence-corrected chi connectivity index (χ3v) is 9.48. The van der Waals surface area contributed by atoms with Crippen LogP contribution in [-0.4, -0.2) is 25.2 Å². The normalized spacial score (nSPS) is 15.9. The minimum atomic E-state index is -4.84. The number of hydrogen-bond acceptors (Lipinski definition) is 4. The monoisotopic (exact) mass is 566 g/mol. The van der Waals surface area contributed by atoms with Crippen molar-refractivity contribution in [2.45, 2.75) is 49.6 Å². The topological polar surface area (TPSA) is 76.2 Å². The molecule has 0 aliphatic carbocycles. The Morgan fingerprint density at radius 3 is 2.43 bits per heavy atom. The van der Waals surface area contributed by atoms with Gasteiger partial charge in [-0.3, -0.25) is 10.1 Å². The number of fused-ring (bicyclic) bond motifs is 1. The summed E-state index contributed by atoms with van der Waals surface area (Å²) in [5.74, 6) is -0.216. The summed E-state index contributed by atoms with van der Waals surface area (Å²) in [5, 5.41) is 17.5. The molecule has 37 heavy (non-hydrogen) atoms. The molecule has 4 nitrogen and oxygen atoms in total. The molecule has 0 spiro atoms. The second-order valence-corrected chi connectivity index (χ2v) is 12.9. The number of nitrogens with zero attached hydrogens (tertiary/aromatic N) is 1. The molecule has 3 atom stereocenters. The zero-order valence-electron chi connectivity index (χ0n) is 20.3. The molecule has 0 aliphatic heterocycles. The third kappa shape index (κ3) is 5.47. The number of rotatable bonds is 7. The molecule has 4 aromatic rings. The second-order valence-electron chi connectivity index (χ2n) is 9.71. The number of benzene rings is 2. The molecule has 0 bridgehead atoms. The molecule has 0 fully saturated rings. The van der Waals surface area contributed by atoms with Crippen LogP contribution in [0.2, 0.25) is 5.02 Å². The Kier molecular flexibility index (Phi) is 7.58. The van der Waals surface area contributed by atoms with Crippen LogP contribution in [0.3, 0.4) is 0 Å². The number of hydrogen-bond donors (Lipinski definition) is 2. The van der Waals surface area contributed by atoms with Crippen molar-refractivity contribution >= 4 is 44.0 Å². The minimum absolute atomic E-state index is 0.216. The van der Waals surface area contributed by atoms with E-state index < -0.39 is 27.5 Å². The van der Waals surface area contributed by atoms with Gasteiger partial charge in [0.05, 0.1) is 21.4 Å². The number of alkyl halides is 3. The van der Waals surface area contributed by atoms with Gasteiger partial charge in [0.15, 0.2) is 5.60 Å². The van der Waals surface area contributed by atoms with Gasteiger partial charge in [0, 0.05) is 32.3 Å². The largest absolute Gasteiger partial charge is 0.421 e. The van der Waals surface area contributed by atoms with Gasteiger partial charge in [0.2, 0.25) is 0 Å². The lowest BCUT2D eigenvalue weighted by atomic mass is 9.88. The van der Waals surface area contributed by atoms with Gasteiger partial charge >= 0.3 is 6.18 Å². The second kappa shape index (κ2) is 10.1. The maximum Gasteiger partial charge on any atom is 0.421 e. The van der Waals surface area contributed by atoms with Gasteiger partial charge in [-0.25, -0.2) is 4.21 Å². The van der Waals surface area contributed by atoms with Gasteiger partial charge in [-0.15, -0.1) is 11.3 Å². The SMILES string of the molecule is CC(C)(C[C@@H](c1cc2cccc(-c3cc([C@@](C)(O)C(F)(F)F)ccn3)c2s1)c1ccccc1Cl)S(N)=O. The van der Waals surface area contributed by atoms with Crippen LogP contribution in [0.15, 0.2) is 66.9 Å². The molecular formula is C27H26ClF3N2O2S2. The van der Waals surface area contributed by atoms with E-state index in [1.807, 2.05) is 50.2 Å². The fourth-order valence-corrected chi connectivity index (χ4v) is 6.10. The smallest absolute Gasteiger partial charge is 0.376 e. The van der Waals surface area contributed by atoms with Crippen LogP contribution < -0.4 is 5.14 Å². The maximum absolute atomic E-state index is 13.5. The number of aliphatic hydroxyl groups is 1. The van der Waals surface area contributed by atoms with Crippen LogP contribution in [0.5, 0.6) is 0 Å². The summed E-state index contributed by atoms with van der Waals surface area (Å²) in [6, 6.07) is 17.4. The van der Waals surface area contributed by atoms with E-state index >= 15 is 0 Å². The highest BCUT2D eigenvalue weighted by Crippen LogP contribution is 2.45. The quantitative estimate of drug-likeness (QED) is 0.246. The van der Waals surface area contributed by atoms with E-state index in [1.165, 1.54) is 29.7 Å². The Bertz CT molecular complexity index is 1470. The van der Waals surface area contributed by atoms with Crippen molar-refractivity contribution in [1.82, 2.24) is 4.98 Å². The van der Waals surface area contributed by atoms with Crippen molar-refractivity contribution in [2.75, 3.05) is 0 Å². The van der Waals surface area contributed by atoms with E-state index in [0.29, 0.717) is 22.7 Å². The molecule has 4 rings (SSSR count). The average molecular weight is 567 g/mol. The highest BCUT2D eigenvalue weighted by molar-refractivity contribution is 7.84. The molecule has 0 aliphatic rings. The number of nitrogens with two attached hydrogens (primary N) is 1. The highest BCUT2D eigenvalue weighted by atomic mass is 35.5. The Morgan fingerprint density at radius 2 is 1.78 bits per heavy atom. The molecule has 0 saturated carbocycles. The first-order valence-electron chi connectivity index (χ1n) is 11.4. The first-order chi connectivity index (χ1) is 17.2. The molecule has 2 aromatic heterocycles. The zero-order valence-corrected chi connectivity index (χ0v) is 22.7. The van der Waals surface area contributed by atoms with Crippen molar-refractivity contribution < 1.29 is 22.5 Å². The predicted molar refractivity (Wildman–Crippen MR) is 145 cm³/mol. The van der Waals surface area contributed by atoms with Crippen LogP contribution in [0.4, 0.5) is 13.2 Å². The lowest BCUT2D eigenvalue weighted by Gasteiger charge is -2.27. The molecule has 0 amide bonds. The molecule has 2 aromatic carbocycles. The van der Waals surface area contributed by atoms with E-state index in [1.54, 1.807) is 12.1 Å². The highest BCUT2D eigenvalue weighted by Gasteiger charge is 2.51. The zero-order chi connectivity index (χ0) is 27.2. The summed E-state index contributed by atoms with van der Waals surface area (Å²) < 4.78 is 52.8. The Morgan fingerprint density at radius 1 is 1.08 bits per heavy atom. The van der Waals surface area contributed by atoms with Gasteiger partial charge < -0.3 is 5.11 Å². The molecule has 0 radical (unpaired) electrons. The number of pyridine rings is 1. The Balaban J connectivity index is 1.86. The van der Waals surface area contributed by atoms with Crippen LogP contribution >= 0.6 is 22.9 Å². The van der Waals surface area contributed by atoms with E-state index in [-0.39, 0.29) is 11.5 Å². The first kappa shape index (κ1) is 27.7. The predicted octanol–water partition coefficient (Wildman–Crippen LogP) is 7.31. The van der Waals surface area contributed by atoms with Gasteiger partial charge in [-0.1, -0.05) is 48.0 Å². The van der Waals surface area contributed by atoms with Crippen LogP contribution in [0, 0.1) is 0 Å². The fourth-order valence-electron chi connectivity index (χ4n) is 4.20. The molecule has 2 heterocycles. The lowest BCUT2D eigenvalue weighted by molar-refractivity contribution is -0.258. The van der Waals surface area contributed by atoms with Gasteiger partial charge in [-0.05, 0) is 68.0 Å². The van der Waals surface area contributed by atoms with Gasteiger partial charge in [0.1, 0.15) is 0 Å². The van der Waals surface area contributed by atoms with Crippen molar-refractivity contribution in [2.24, 2.45) is 5.14 Å². The van der Waals surface area contributed by atoms with Crippen molar-refractivity contribution in [3.63, 3.8) is 0 Å². The van der Waals surface area contributed by atoms with E-state index in [0.717, 1.165) is 27.5 Å². The Hall–Kier alpha value is -2.30. The summed E-state index contributed by atoms with van der Waals surface area (Å²) in [5.41, 5.74) is -1.47. The van der Waals surface area contributed by atoms with Gasteiger partial charge in [0.25, 0.3) is 0 Å². The molecule has 196 valence electrons. The number of thiophene rings is 1. The van der Waals surface area contributed by atoms with Crippen LogP contribution in [0.1, 0.15) is 49.1 Å². The molecule has 0 saturated heterocycles. The lowest BCUT2D eigenvalue weighted by Crippen LogP contribution is -2.39. The molecule has 3 N–H and O–H groups in total.